The van der Waals surface area contributed by atoms with E-state index in [1.807, 2.05) is 12.1 Å². The number of nitrogens with zero attached hydrogens (tertiary/aromatic N) is 2. The molecular weight excluding hydrogens is 246 g/mol. The van der Waals surface area contributed by atoms with Crippen LogP contribution in [0.25, 0.3) is 16.6 Å². The fourth-order valence-electron chi connectivity index (χ4n) is 1.90. The van der Waals surface area contributed by atoms with E-state index >= 15 is 0 Å². The smallest absolute Gasteiger partial charge is 0.356 e. The van der Waals surface area contributed by atoms with Crippen LogP contribution < -0.4 is 5.56 Å². The van der Waals surface area contributed by atoms with E-state index in [-0.39, 0.29) is 11.3 Å². The number of carboxylic acids is 1. The van der Waals surface area contributed by atoms with Crippen LogP contribution in [0.1, 0.15) is 10.5 Å². The van der Waals surface area contributed by atoms with Crippen LogP contribution in [-0.4, -0.2) is 25.6 Å². The van der Waals surface area contributed by atoms with Crippen LogP contribution in [0.5, 0.6) is 0 Å². The second-order valence-corrected chi connectivity index (χ2v) is 4.04. The van der Waals surface area contributed by atoms with Crippen molar-refractivity contribution in [3.8, 4) is 5.82 Å². The Bertz CT molecular complexity index is 832. The summed E-state index contributed by atoms with van der Waals surface area (Å²) in [6.45, 7) is 0. The van der Waals surface area contributed by atoms with Gasteiger partial charge in [0.25, 0.3) is 5.56 Å². The predicted octanol–water partition coefficient (Wildman–Crippen LogP) is 1.41. The Morgan fingerprint density at radius 1 is 1.32 bits per heavy atom. The second kappa shape index (κ2) is 4.09. The average molecular weight is 255 g/mol. The van der Waals surface area contributed by atoms with Gasteiger partial charge in [0.1, 0.15) is 12.1 Å². The van der Waals surface area contributed by atoms with E-state index in [1.165, 1.54) is 17.1 Å². The van der Waals surface area contributed by atoms with Gasteiger partial charge in [0.05, 0.1) is 0 Å². The number of nitrogens with one attached hydrogen (secondary N) is 1. The third kappa shape index (κ3) is 1.89. The standard InChI is InChI=1S/C13H9N3O3/c17-12-9-4-2-1-3-8(9)5-11(15-12)16-6-10(13(18)19)14-7-16/h1-7H,(H,15,17)(H,18,19). The van der Waals surface area contributed by atoms with Crippen LogP contribution in [-0.2, 0) is 0 Å². The maximum absolute atomic E-state index is 11.9. The van der Waals surface area contributed by atoms with Crippen molar-refractivity contribution >= 4 is 16.7 Å². The minimum absolute atomic E-state index is 0.0750. The number of carbonyl (C=O) groups is 1. The fraction of sp³-hybridized carbons (Fsp3) is 0. The minimum Gasteiger partial charge on any atom is -0.476 e. The topological polar surface area (TPSA) is 88.0 Å². The lowest BCUT2D eigenvalue weighted by molar-refractivity contribution is 0.0691. The maximum Gasteiger partial charge on any atom is 0.356 e. The Morgan fingerprint density at radius 2 is 2.11 bits per heavy atom. The van der Waals surface area contributed by atoms with E-state index < -0.39 is 5.97 Å². The van der Waals surface area contributed by atoms with Crippen molar-refractivity contribution in [1.82, 2.24) is 14.5 Å². The SMILES string of the molecule is O=C(O)c1cn(-c2cc3ccccc3c(=O)[nH]2)cn1. The zero-order valence-electron chi connectivity index (χ0n) is 9.70. The molecule has 2 heterocycles. The lowest BCUT2D eigenvalue weighted by atomic mass is 10.2. The fourth-order valence-corrected chi connectivity index (χ4v) is 1.90. The molecule has 0 saturated carbocycles. The van der Waals surface area contributed by atoms with Gasteiger partial charge in [-0.2, -0.15) is 0 Å². The van der Waals surface area contributed by atoms with Crippen molar-refractivity contribution in [2.24, 2.45) is 0 Å². The summed E-state index contributed by atoms with van der Waals surface area (Å²) in [5, 5.41) is 10.2. The molecule has 0 radical (unpaired) electrons. The van der Waals surface area contributed by atoms with Gasteiger partial charge in [-0.25, -0.2) is 9.78 Å². The first kappa shape index (κ1) is 11.2. The molecule has 0 spiro atoms. The first-order chi connectivity index (χ1) is 9.15. The molecule has 0 saturated heterocycles. The molecule has 2 N–H and O–H groups in total. The number of benzene rings is 1. The van der Waals surface area contributed by atoms with Gasteiger partial charge in [0.15, 0.2) is 5.69 Å². The van der Waals surface area contributed by atoms with Crippen molar-refractivity contribution in [2.45, 2.75) is 0 Å². The van der Waals surface area contributed by atoms with Gasteiger partial charge in [-0.1, -0.05) is 18.2 Å². The van der Waals surface area contributed by atoms with E-state index in [4.69, 9.17) is 5.11 Å². The molecule has 0 amide bonds. The summed E-state index contributed by atoms with van der Waals surface area (Å²) >= 11 is 0. The molecule has 0 unspecified atom stereocenters. The lowest BCUT2D eigenvalue weighted by Crippen LogP contribution is -2.10. The summed E-state index contributed by atoms with van der Waals surface area (Å²) in [7, 11) is 0. The number of aromatic amines is 1. The van der Waals surface area contributed by atoms with E-state index in [9.17, 15) is 9.59 Å². The van der Waals surface area contributed by atoms with Crippen molar-refractivity contribution < 1.29 is 9.90 Å². The normalized spacial score (nSPS) is 10.7. The van der Waals surface area contributed by atoms with Crippen LogP contribution >= 0.6 is 0 Å². The van der Waals surface area contributed by atoms with Gasteiger partial charge in [-0.05, 0) is 17.5 Å². The molecule has 3 aromatic rings. The number of hydrogen-bond acceptors (Lipinski definition) is 3. The summed E-state index contributed by atoms with van der Waals surface area (Å²) < 4.78 is 1.47. The van der Waals surface area contributed by atoms with Crippen LogP contribution in [0.15, 0.2) is 47.7 Å². The van der Waals surface area contributed by atoms with E-state index in [0.717, 1.165) is 5.39 Å². The van der Waals surface area contributed by atoms with Gasteiger partial charge in [0.2, 0.25) is 0 Å². The average Bonchev–Trinajstić information content (AvgIpc) is 2.88. The molecule has 6 heteroatoms. The predicted molar refractivity (Wildman–Crippen MR) is 68.7 cm³/mol. The maximum atomic E-state index is 11.9. The molecule has 0 aliphatic rings. The number of hydrogen-bond donors (Lipinski definition) is 2. The Morgan fingerprint density at radius 3 is 2.84 bits per heavy atom. The molecule has 2 aromatic heterocycles. The molecular formula is C13H9N3O3. The van der Waals surface area contributed by atoms with Crippen molar-refractivity contribution in [3.05, 3.63) is 58.9 Å². The molecule has 94 valence electrons. The van der Waals surface area contributed by atoms with Crippen molar-refractivity contribution in [2.75, 3.05) is 0 Å². The quantitative estimate of drug-likeness (QED) is 0.724. The monoisotopic (exact) mass is 255 g/mol. The van der Waals surface area contributed by atoms with Gasteiger partial charge in [-0.15, -0.1) is 0 Å². The third-order valence-electron chi connectivity index (χ3n) is 2.82. The molecule has 1 aromatic carbocycles. The van der Waals surface area contributed by atoms with Crippen LogP contribution in [0.2, 0.25) is 0 Å². The zero-order chi connectivity index (χ0) is 13.4. The van der Waals surface area contributed by atoms with Crippen LogP contribution in [0, 0.1) is 0 Å². The number of aromatic nitrogens is 3. The van der Waals surface area contributed by atoms with Gasteiger partial charge >= 0.3 is 5.97 Å². The van der Waals surface area contributed by atoms with Crippen LogP contribution in [0.4, 0.5) is 0 Å². The highest BCUT2D eigenvalue weighted by atomic mass is 16.4. The number of aromatic carboxylic acids is 1. The first-order valence-electron chi connectivity index (χ1n) is 5.55. The molecule has 0 fully saturated rings. The Kier molecular flexibility index (Phi) is 2.42. The molecule has 0 atom stereocenters. The van der Waals surface area contributed by atoms with Crippen LogP contribution in [0.3, 0.4) is 0 Å². The summed E-state index contributed by atoms with van der Waals surface area (Å²) in [6, 6.07) is 8.95. The van der Waals surface area contributed by atoms with Gasteiger partial charge in [-0.3, -0.25) is 9.36 Å². The zero-order valence-corrected chi connectivity index (χ0v) is 9.70. The molecule has 19 heavy (non-hydrogen) atoms. The van der Waals surface area contributed by atoms with E-state index in [1.54, 1.807) is 18.2 Å². The molecule has 6 nitrogen and oxygen atoms in total. The molecule has 0 bridgehead atoms. The van der Waals surface area contributed by atoms with Gasteiger partial charge < -0.3 is 10.1 Å². The third-order valence-corrected chi connectivity index (χ3v) is 2.82. The Labute approximate surface area is 107 Å². The molecule has 0 aliphatic heterocycles. The number of fused-ring (bicyclic) bond motifs is 1. The summed E-state index contributed by atoms with van der Waals surface area (Å²) in [4.78, 5) is 29.1. The summed E-state index contributed by atoms with van der Waals surface area (Å²) in [6.07, 6.45) is 2.70. The number of rotatable bonds is 2. The largest absolute Gasteiger partial charge is 0.476 e. The molecule has 0 aliphatic carbocycles. The first-order valence-corrected chi connectivity index (χ1v) is 5.55. The summed E-state index contributed by atoms with van der Waals surface area (Å²) in [5.74, 6) is -0.634. The second-order valence-electron chi connectivity index (χ2n) is 4.04. The lowest BCUT2D eigenvalue weighted by Gasteiger charge is -2.03. The minimum atomic E-state index is -1.11. The van der Waals surface area contributed by atoms with Gasteiger partial charge in [0, 0.05) is 11.6 Å². The summed E-state index contributed by atoms with van der Waals surface area (Å²) in [5.41, 5.74) is -0.298. The highest BCUT2D eigenvalue weighted by Gasteiger charge is 2.09. The number of carboxylic acid groups (broad SMARTS) is 1. The van der Waals surface area contributed by atoms with Crippen molar-refractivity contribution in [1.29, 1.82) is 0 Å². The van der Waals surface area contributed by atoms with E-state index in [0.29, 0.717) is 11.2 Å². The Hall–Kier alpha value is -2.89. The van der Waals surface area contributed by atoms with Crippen molar-refractivity contribution in [3.63, 3.8) is 0 Å². The Balaban J connectivity index is 2.19. The highest BCUT2D eigenvalue weighted by Crippen LogP contribution is 2.13. The number of H-pyrrole nitrogens is 1. The van der Waals surface area contributed by atoms with E-state index in [2.05, 4.69) is 9.97 Å². The molecule has 3 rings (SSSR count). The number of pyridine rings is 1. The highest BCUT2D eigenvalue weighted by molar-refractivity contribution is 5.85. The number of imidazole rings is 1.